The molecule has 0 aliphatic carbocycles. The summed E-state index contributed by atoms with van der Waals surface area (Å²) in [4.78, 5) is 17.5. The van der Waals surface area contributed by atoms with Gasteiger partial charge in [0.05, 0.1) is 24.2 Å². The van der Waals surface area contributed by atoms with Gasteiger partial charge in [0.15, 0.2) is 0 Å². The number of piperazine rings is 1. The number of aromatic nitrogens is 4. The van der Waals surface area contributed by atoms with Crippen LogP contribution in [0.15, 0.2) is 53.7 Å². The van der Waals surface area contributed by atoms with E-state index < -0.39 is 0 Å². The minimum absolute atomic E-state index is 0.107. The highest BCUT2D eigenvalue weighted by Crippen LogP contribution is 2.28. The molecule has 0 unspecified atom stereocenters. The third-order valence-corrected chi connectivity index (χ3v) is 6.34. The number of methoxy groups -OCH3 is 1. The first-order chi connectivity index (χ1) is 15.7. The van der Waals surface area contributed by atoms with Crippen LogP contribution in [0.4, 0.5) is 11.4 Å². The number of thioether (sulfide) groups is 1. The lowest BCUT2D eigenvalue weighted by molar-refractivity contribution is -0.113. The number of anilines is 2. The van der Waals surface area contributed by atoms with E-state index in [9.17, 15) is 4.79 Å². The molecule has 1 fully saturated rings. The Hall–Kier alpha value is -3.11. The summed E-state index contributed by atoms with van der Waals surface area (Å²) in [6, 6.07) is 15.4. The van der Waals surface area contributed by atoms with Crippen molar-refractivity contribution in [3.63, 3.8) is 0 Å². The van der Waals surface area contributed by atoms with Gasteiger partial charge in [-0.15, -0.1) is 5.10 Å². The van der Waals surface area contributed by atoms with Crippen molar-refractivity contribution in [2.75, 3.05) is 55.8 Å². The first-order valence-corrected chi connectivity index (χ1v) is 11.6. The van der Waals surface area contributed by atoms with Crippen molar-refractivity contribution in [2.45, 2.75) is 12.1 Å². The molecular weight excluding hydrogens is 426 g/mol. The normalized spacial score (nSPS) is 14.4. The van der Waals surface area contributed by atoms with E-state index in [0.717, 1.165) is 49.8 Å². The maximum Gasteiger partial charge on any atom is 0.234 e. The number of likely N-dealkylation sites (N-methyl/N-ethyl adjacent to an activating group) is 1. The lowest BCUT2D eigenvalue weighted by atomic mass is 10.2. The molecule has 2 heterocycles. The van der Waals surface area contributed by atoms with Crippen molar-refractivity contribution in [2.24, 2.45) is 0 Å². The van der Waals surface area contributed by atoms with Crippen molar-refractivity contribution in [1.29, 1.82) is 0 Å². The number of carbonyl (C=O) groups excluding carboxylic acids is 1. The van der Waals surface area contributed by atoms with Gasteiger partial charge < -0.3 is 19.9 Å². The molecule has 168 valence electrons. The zero-order chi connectivity index (χ0) is 22.3. The van der Waals surface area contributed by atoms with Crippen LogP contribution in [-0.4, -0.2) is 76.6 Å². The Morgan fingerprint density at radius 2 is 1.78 bits per heavy atom. The minimum atomic E-state index is -0.107. The van der Waals surface area contributed by atoms with Crippen LogP contribution in [0.5, 0.6) is 5.75 Å². The van der Waals surface area contributed by atoms with Crippen LogP contribution >= 0.6 is 11.8 Å². The van der Waals surface area contributed by atoms with Gasteiger partial charge in [-0.25, -0.2) is 0 Å². The van der Waals surface area contributed by atoms with Gasteiger partial charge in [-0.3, -0.25) is 4.79 Å². The van der Waals surface area contributed by atoms with E-state index >= 15 is 0 Å². The molecule has 0 saturated carbocycles. The number of tetrazole rings is 1. The summed E-state index contributed by atoms with van der Waals surface area (Å²) in [6.45, 7) is 7.20. The maximum atomic E-state index is 12.8. The van der Waals surface area contributed by atoms with Crippen molar-refractivity contribution in [1.82, 2.24) is 25.1 Å². The Kier molecular flexibility index (Phi) is 7.23. The standard InChI is InChI=1S/C22H27N7O2S/c1-3-27-12-14-28(15-13-27)18-9-5-4-8-17(18)23-21(30)16-32-22-24-25-26-29(22)19-10-6-7-11-20(19)31-2/h4-11H,3,12-16H2,1-2H3,(H,23,30). The lowest BCUT2D eigenvalue weighted by Crippen LogP contribution is -2.46. The van der Waals surface area contributed by atoms with Gasteiger partial charge in [-0.1, -0.05) is 43.0 Å². The van der Waals surface area contributed by atoms with E-state index in [1.165, 1.54) is 11.8 Å². The van der Waals surface area contributed by atoms with E-state index in [4.69, 9.17) is 4.74 Å². The van der Waals surface area contributed by atoms with Gasteiger partial charge >= 0.3 is 0 Å². The molecule has 2 aromatic carbocycles. The second-order valence-electron chi connectivity index (χ2n) is 7.32. The summed E-state index contributed by atoms with van der Waals surface area (Å²) in [5, 5.41) is 15.5. The molecule has 1 saturated heterocycles. The van der Waals surface area contributed by atoms with Crippen molar-refractivity contribution in [3.05, 3.63) is 48.5 Å². The molecule has 10 heteroatoms. The Morgan fingerprint density at radius 3 is 2.53 bits per heavy atom. The first kappa shape index (κ1) is 22.1. The Balaban J connectivity index is 1.41. The van der Waals surface area contributed by atoms with Crippen molar-refractivity contribution in [3.8, 4) is 11.4 Å². The van der Waals surface area contributed by atoms with Gasteiger partial charge in [0.2, 0.25) is 11.1 Å². The summed E-state index contributed by atoms with van der Waals surface area (Å²) in [6.07, 6.45) is 0. The van der Waals surface area contributed by atoms with Crippen LogP contribution in [0.2, 0.25) is 0 Å². The Morgan fingerprint density at radius 1 is 1.06 bits per heavy atom. The molecule has 0 spiro atoms. The van der Waals surface area contributed by atoms with Crippen LogP contribution < -0.4 is 15.0 Å². The Labute approximate surface area is 191 Å². The monoisotopic (exact) mass is 453 g/mol. The summed E-state index contributed by atoms with van der Waals surface area (Å²) in [5.41, 5.74) is 2.60. The molecule has 0 radical (unpaired) electrons. The fraction of sp³-hybridized carbons (Fsp3) is 0.364. The molecule has 1 aliphatic rings. The average molecular weight is 454 g/mol. The zero-order valence-corrected chi connectivity index (χ0v) is 19.1. The molecule has 1 aromatic heterocycles. The number of hydrogen-bond acceptors (Lipinski definition) is 8. The summed E-state index contributed by atoms with van der Waals surface area (Å²) < 4.78 is 6.98. The smallest absolute Gasteiger partial charge is 0.234 e. The molecule has 1 N–H and O–H groups in total. The summed E-state index contributed by atoms with van der Waals surface area (Å²) in [7, 11) is 1.60. The first-order valence-electron chi connectivity index (χ1n) is 10.6. The van der Waals surface area contributed by atoms with Gasteiger partial charge in [0.1, 0.15) is 11.4 Å². The molecule has 1 amide bonds. The number of para-hydroxylation sites is 4. The van der Waals surface area contributed by atoms with E-state index in [0.29, 0.717) is 10.9 Å². The lowest BCUT2D eigenvalue weighted by Gasteiger charge is -2.36. The third kappa shape index (κ3) is 5.03. The number of ether oxygens (including phenoxy) is 1. The SMILES string of the molecule is CCN1CCN(c2ccccc2NC(=O)CSc2nnnn2-c2ccccc2OC)CC1. The topological polar surface area (TPSA) is 88.4 Å². The largest absolute Gasteiger partial charge is 0.494 e. The zero-order valence-electron chi connectivity index (χ0n) is 18.3. The van der Waals surface area contributed by atoms with E-state index in [1.807, 2.05) is 42.5 Å². The second kappa shape index (κ2) is 10.5. The number of benzene rings is 2. The highest BCUT2D eigenvalue weighted by Gasteiger charge is 2.19. The number of nitrogens with zero attached hydrogens (tertiary/aromatic N) is 6. The average Bonchev–Trinajstić information content (AvgIpc) is 3.31. The van der Waals surface area contributed by atoms with Gasteiger partial charge in [-0.05, 0) is 41.2 Å². The van der Waals surface area contributed by atoms with Gasteiger partial charge in [-0.2, -0.15) is 4.68 Å². The van der Waals surface area contributed by atoms with E-state index in [2.05, 4.69) is 43.6 Å². The van der Waals surface area contributed by atoms with Crippen molar-refractivity contribution < 1.29 is 9.53 Å². The van der Waals surface area contributed by atoms with Gasteiger partial charge in [0.25, 0.3) is 0 Å². The van der Waals surface area contributed by atoms with Gasteiger partial charge in [0, 0.05) is 26.2 Å². The maximum absolute atomic E-state index is 12.8. The molecule has 0 bridgehead atoms. The second-order valence-corrected chi connectivity index (χ2v) is 8.26. The molecular formula is C22H27N7O2S. The molecule has 0 atom stereocenters. The van der Waals surface area contributed by atoms with Crippen LogP contribution in [0.3, 0.4) is 0 Å². The summed E-state index contributed by atoms with van der Waals surface area (Å²) >= 11 is 1.28. The summed E-state index contributed by atoms with van der Waals surface area (Å²) in [5.74, 6) is 0.737. The third-order valence-electron chi connectivity index (χ3n) is 5.42. The molecule has 3 aromatic rings. The Bertz CT molecular complexity index is 1050. The molecule has 4 rings (SSSR count). The van der Waals surface area contributed by atoms with Crippen LogP contribution in [0.1, 0.15) is 6.92 Å². The number of amides is 1. The molecule has 1 aliphatic heterocycles. The predicted molar refractivity (Wildman–Crippen MR) is 126 cm³/mol. The number of carbonyl (C=O) groups is 1. The minimum Gasteiger partial charge on any atom is -0.494 e. The van der Waals surface area contributed by atoms with Crippen molar-refractivity contribution >= 4 is 29.0 Å². The van der Waals surface area contributed by atoms with Crippen LogP contribution in [0, 0.1) is 0 Å². The fourth-order valence-electron chi connectivity index (χ4n) is 3.70. The molecule has 32 heavy (non-hydrogen) atoms. The highest BCUT2D eigenvalue weighted by molar-refractivity contribution is 7.99. The predicted octanol–water partition coefficient (Wildman–Crippen LogP) is 2.54. The van der Waals surface area contributed by atoms with Crippen LogP contribution in [-0.2, 0) is 4.79 Å². The number of rotatable bonds is 8. The van der Waals surface area contributed by atoms with E-state index in [-0.39, 0.29) is 11.7 Å². The molecule has 9 nitrogen and oxygen atoms in total. The van der Waals surface area contributed by atoms with Crippen LogP contribution in [0.25, 0.3) is 5.69 Å². The quantitative estimate of drug-likeness (QED) is 0.521. The number of nitrogens with one attached hydrogen (secondary N) is 1. The fourth-order valence-corrected chi connectivity index (χ4v) is 4.39. The van der Waals surface area contributed by atoms with E-state index in [1.54, 1.807) is 11.8 Å². The number of hydrogen-bond donors (Lipinski definition) is 1. The highest BCUT2D eigenvalue weighted by atomic mass is 32.2.